The standard InChI is InChI=1S/C17H19F2NO6/c18-17(19)25-11-3-1-2-10(8-11)14-9-20(6-7-24-14)15(21)12-4-5-13(26-12)16(22)23/h1-3,8,12-14,17H,4-7,9H2,(H,22,23)/t12-,13+,14?/m0/s1. The van der Waals surface area contributed by atoms with Crippen molar-refractivity contribution in [3.8, 4) is 5.75 Å². The third-order valence-electron chi connectivity index (χ3n) is 4.40. The first-order valence-corrected chi connectivity index (χ1v) is 8.27. The van der Waals surface area contributed by atoms with Gasteiger partial charge in [-0.15, -0.1) is 0 Å². The number of morpholine rings is 1. The number of halogens is 2. The number of carbonyl (C=O) groups excluding carboxylic acids is 1. The number of amides is 1. The van der Waals surface area contributed by atoms with Crippen molar-refractivity contribution in [1.82, 2.24) is 4.90 Å². The van der Waals surface area contributed by atoms with Crippen LogP contribution < -0.4 is 4.74 Å². The highest BCUT2D eigenvalue weighted by Gasteiger charge is 2.38. The van der Waals surface area contributed by atoms with E-state index in [0.717, 1.165) is 0 Å². The second kappa shape index (κ2) is 7.96. The van der Waals surface area contributed by atoms with Gasteiger partial charge in [-0.05, 0) is 30.5 Å². The van der Waals surface area contributed by atoms with Crippen LogP contribution in [0.3, 0.4) is 0 Å². The van der Waals surface area contributed by atoms with Gasteiger partial charge in [0, 0.05) is 6.54 Å². The largest absolute Gasteiger partial charge is 0.479 e. The normalized spacial score (nSPS) is 26.1. The van der Waals surface area contributed by atoms with Crippen molar-refractivity contribution in [2.45, 2.75) is 37.8 Å². The monoisotopic (exact) mass is 371 g/mol. The molecule has 0 bridgehead atoms. The number of hydrogen-bond acceptors (Lipinski definition) is 5. The summed E-state index contributed by atoms with van der Waals surface area (Å²) in [6.07, 6.45) is -1.56. The minimum absolute atomic E-state index is 0.0213. The Hall–Kier alpha value is -2.26. The number of ether oxygens (including phenoxy) is 3. The van der Waals surface area contributed by atoms with Crippen molar-refractivity contribution in [2.24, 2.45) is 0 Å². The predicted molar refractivity (Wildman–Crippen MR) is 83.9 cm³/mol. The minimum Gasteiger partial charge on any atom is -0.479 e. The molecular formula is C17H19F2NO6. The lowest BCUT2D eigenvalue weighted by molar-refractivity contribution is -0.158. The number of aliphatic carboxylic acids is 1. The molecule has 0 spiro atoms. The van der Waals surface area contributed by atoms with Gasteiger partial charge in [0.15, 0.2) is 6.10 Å². The molecule has 1 amide bonds. The van der Waals surface area contributed by atoms with E-state index in [0.29, 0.717) is 24.9 Å². The lowest BCUT2D eigenvalue weighted by Crippen LogP contribution is -2.46. The molecule has 3 atom stereocenters. The third kappa shape index (κ3) is 4.28. The number of hydrogen-bond donors (Lipinski definition) is 1. The molecule has 1 N–H and O–H groups in total. The number of carbonyl (C=O) groups is 2. The van der Waals surface area contributed by atoms with E-state index in [1.807, 2.05) is 0 Å². The van der Waals surface area contributed by atoms with Crippen molar-refractivity contribution < 1.29 is 37.7 Å². The highest BCUT2D eigenvalue weighted by atomic mass is 19.3. The van der Waals surface area contributed by atoms with E-state index in [-0.39, 0.29) is 24.8 Å². The zero-order valence-electron chi connectivity index (χ0n) is 13.8. The van der Waals surface area contributed by atoms with Gasteiger partial charge in [-0.2, -0.15) is 8.78 Å². The van der Waals surface area contributed by atoms with Crippen molar-refractivity contribution in [3.63, 3.8) is 0 Å². The van der Waals surface area contributed by atoms with Crippen molar-refractivity contribution in [3.05, 3.63) is 29.8 Å². The first-order valence-electron chi connectivity index (χ1n) is 8.27. The molecule has 26 heavy (non-hydrogen) atoms. The Bertz CT molecular complexity index is 670. The Morgan fingerprint density at radius 2 is 2.04 bits per heavy atom. The van der Waals surface area contributed by atoms with Gasteiger partial charge in [-0.25, -0.2) is 4.79 Å². The Balaban J connectivity index is 1.64. The maximum Gasteiger partial charge on any atom is 0.387 e. The maximum absolute atomic E-state index is 12.6. The van der Waals surface area contributed by atoms with Gasteiger partial charge in [0.25, 0.3) is 5.91 Å². The van der Waals surface area contributed by atoms with Gasteiger partial charge in [0.05, 0.1) is 13.2 Å². The maximum atomic E-state index is 12.6. The Labute approximate surface area is 148 Å². The quantitative estimate of drug-likeness (QED) is 0.850. The van der Waals surface area contributed by atoms with Crippen LogP contribution in [-0.4, -0.2) is 60.4 Å². The Morgan fingerprint density at radius 3 is 2.73 bits per heavy atom. The minimum atomic E-state index is -2.92. The first kappa shape index (κ1) is 18.5. The zero-order valence-corrected chi connectivity index (χ0v) is 13.8. The van der Waals surface area contributed by atoms with Gasteiger partial charge in [-0.3, -0.25) is 4.79 Å². The van der Waals surface area contributed by atoms with Crippen molar-refractivity contribution in [2.75, 3.05) is 19.7 Å². The van der Waals surface area contributed by atoms with E-state index in [4.69, 9.17) is 14.6 Å². The van der Waals surface area contributed by atoms with Gasteiger partial charge >= 0.3 is 12.6 Å². The molecule has 2 saturated heterocycles. The number of alkyl halides is 2. The summed E-state index contributed by atoms with van der Waals surface area (Å²) in [7, 11) is 0. The van der Waals surface area contributed by atoms with Crippen LogP contribution in [0.1, 0.15) is 24.5 Å². The molecule has 2 aliphatic rings. The lowest BCUT2D eigenvalue weighted by Gasteiger charge is -2.34. The van der Waals surface area contributed by atoms with Crippen LogP contribution in [0.5, 0.6) is 5.75 Å². The average molecular weight is 371 g/mol. The van der Waals surface area contributed by atoms with Crippen LogP contribution in [0.4, 0.5) is 8.78 Å². The third-order valence-corrected chi connectivity index (χ3v) is 4.40. The molecule has 0 saturated carbocycles. The van der Waals surface area contributed by atoms with Crippen molar-refractivity contribution >= 4 is 11.9 Å². The zero-order chi connectivity index (χ0) is 18.7. The summed E-state index contributed by atoms with van der Waals surface area (Å²) in [6, 6.07) is 6.16. The molecule has 7 nitrogen and oxygen atoms in total. The number of benzene rings is 1. The highest BCUT2D eigenvalue weighted by Crippen LogP contribution is 2.28. The van der Waals surface area contributed by atoms with Gasteiger partial charge in [0.1, 0.15) is 18.0 Å². The fraction of sp³-hybridized carbons (Fsp3) is 0.529. The van der Waals surface area contributed by atoms with E-state index in [1.54, 1.807) is 17.0 Å². The first-order chi connectivity index (χ1) is 12.4. The van der Waals surface area contributed by atoms with Crippen molar-refractivity contribution in [1.29, 1.82) is 0 Å². The molecule has 0 aromatic heterocycles. The second-order valence-corrected chi connectivity index (χ2v) is 6.12. The summed E-state index contributed by atoms with van der Waals surface area (Å²) in [5.41, 5.74) is 0.622. The van der Waals surface area contributed by atoms with E-state index in [1.165, 1.54) is 12.1 Å². The fourth-order valence-corrected chi connectivity index (χ4v) is 3.15. The number of nitrogens with zero attached hydrogens (tertiary/aromatic N) is 1. The van der Waals surface area contributed by atoms with E-state index in [9.17, 15) is 18.4 Å². The molecule has 2 heterocycles. The molecule has 2 fully saturated rings. The Morgan fingerprint density at radius 1 is 1.27 bits per heavy atom. The fourth-order valence-electron chi connectivity index (χ4n) is 3.15. The molecule has 3 rings (SSSR count). The lowest BCUT2D eigenvalue weighted by atomic mass is 10.1. The van der Waals surface area contributed by atoms with Crippen LogP contribution in [0.25, 0.3) is 0 Å². The summed E-state index contributed by atoms with van der Waals surface area (Å²) in [5, 5.41) is 8.97. The number of carboxylic acid groups (broad SMARTS) is 1. The van der Waals surface area contributed by atoms with E-state index < -0.39 is 30.9 Å². The average Bonchev–Trinajstić information content (AvgIpc) is 3.11. The van der Waals surface area contributed by atoms with E-state index in [2.05, 4.69) is 4.74 Å². The van der Waals surface area contributed by atoms with Gasteiger partial charge in [-0.1, -0.05) is 12.1 Å². The van der Waals surface area contributed by atoms with Crippen LogP contribution in [0, 0.1) is 0 Å². The van der Waals surface area contributed by atoms with E-state index >= 15 is 0 Å². The van der Waals surface area contributed by atoms with Crippen LogP contribution in [-0.2, 0) is 19.1 Å². The summed E-state index contributed by atoms with van der Waals surface area (Å²) in [6.45, 7) is -2.04. The smallest absolute Gasteiger partial charge is 0.387 e. The molecule has 9 heteroatoms. The molecule has 0 radical (unpaired) electrons. The summed E-state index contributed by atoms with van der Waals surface area (Å²) in [5.74, 6) is -1.33. The number of carboxylic acids is 1. The number of rotatable bonds is 5. The molecule has 2 aliphatic heterocycles. The van der Waals surface area contributed by atoms with Crippen LogP contribution >= 0.6 is 0 Å². The summed E-state index contributed by atoms with van der Waals surface area (Å²) < 4.78 is 40.1. The molecule has 0 aliphatic carbocycles. The molecule has 1 aromatic rings. The van der Waals surface area contributed by atoms with Crippen LogP contribution in [0.2, 0.25) is 0 Å². The molecular weight excluding hydrogens is 352 g/mol. The van der Waals surface area contributed by atoms with Crippen LogP contribution in [0.15, 0.2) is 24.3 Å². The molecule has 1 aromatic carbocycles. The molecule has 142 valence electrons. The van der Waals surface area contributed by atoms with Gasteiger partial charge < -0.3 is 24.2 Å². The molecule has 1 unspecified atom stereocenters. The SMILES string of the molecule is O=C(O)[C@H]1CC[C@@H](C(=O)N2CCOC(c3cccc(OC(F)F)c3)C2)O1. The topological polar surface area (TPSA) is 85.3 Å². The summed E-state index contributed by atoms with van der Waals surface area (Å²) >= 11 is 0. The second-order valence-electron chi connectivity index (χ2n) is 6.12. The highest BCUT2D eigenvalue weighted by molar-refractivity contribution is 5.82. The van der Waals surface area contributed by atoms with Gasteiger partial charge in [0.2, 0.25) is 0 Å². The Kier molecular flexibility index (Phi) is 5.67. The summed E-state index contributed by atoms with van der Waals surface area (Å²) in [4.78, 5) is 25.1. The predicted octanol–water partition coefficient (Wildman–Crippen LogP) is 1.82.